The van der Waals surface area contributed by atoms with Crippen molar-refractivity contribution in [1.82, 2.24) is 5.32 Å². The molecule has 114 valence electrons. The largest absolute Gasteiger partial charge is 0.485 e. The zero-order chi connectivity index (χ0) is 14.2. The first kappa shape index (κ1) is 17.5. The molecule has 0 aliphatic heterocycles. The second-order valence-corrected chi connectivity index (χ2v) is 4.92. The molecule has 2 nitrogen and oxygen atoms in total. The van der Waals surface area contributed by atoms with E-state index in [1.54, 1.807) is 0 Å². The molecular weight excluding hydrogens is 282 g/mol. The molecule has 0 aromatic heterocycles. The van der Waals surface area contributed by atoms with Gasteiger partial charge in [0.05, 0.1) is 0 Å². The van der Waals surface area contributed by atoms with Crippen LogP contribution in [0.15, 0.2) is 54.6 Å². The molecule has 2 aromatic rings. The summed E-state index contributed by atoms with van der Waals surface area (Å²) in [4.78, 5) is 0. The third kappa shape index (κ3) is 5.41. The molecule has 0 heterocycles. The van der Waals surface area contributed by atoms with E-state index in [2.05, 4.69) is 49.5 Å². The molecule has 0 bridgehead atoms. The van der Waals surface area contributed by atoms with Gasteiger partial charge in [0.25, 0.3) is 0 Å². The second-order valence-electron chi connectivity index (χ2n) is 4.92. The lowest BCUT2D eigenvalue weighted by atomic mass is 10.1. The number of halogens is 1. The summed E-state index contributed by atoms with van der Waals surface area (Å²) in [5.41, 5.74) is 2.41. The van der Waals surface area contributed by atoms with Crippen molar-refractivity contribution >= 4 is 12.4 Å². The van der Waals surface area contributed by atoms with Crippen LogP contribution in [0.25, 0.3) is 0 Å². The highest BCUT2D eigenvalue weighted by atomic mass is 35.5. The van der Waals surface area contributed by atoms with Crippen LogP contribution in [0, 0.1) is 6.92 Å². The molecule has 0 fully saturated rings. The fraction of sp³-hybridized carbons (Fsp3) is 0.333. The van der Waals surface area contributed by atoms with Crippen LogP contribution in [-0.2, 0) is 0 Å². The Morgan fingerprint density at radius 3 is 2.33 bits per heavy atom. The first-order chi connectivity index (χ1) is 9.81. The maximum atomic E-state index is 6.24. The van der Waals surface area contributed by atoms with Gasteiger partial charge in [0, 0.05) is 6.42 Å². The average molecular weight is 306 g/mol. The van der Waals surface area contributed by atoms with E-state index in [-0.39, 0.29) is 18.5 Å². The highest BCUT2D eigenvalue weighted by molar-refractivity contribution is 5.85. The van der Waals surface area contributed by atoms with Crippen molar-refractivity contribution in [2.45, 2.75) is 26.4 Å². The molecule has 1 atom stereocenters. The Morgan fingerprint density at radius 1 is 1.00 bits per heavy atom. The van der Waals surface area contributed by atoms with Gasteiger partial charge in [-0.05, 0) is 37.2 Å². The van der Waals surface area contributed by atoms with E-state index in [0.717, 1.165) is 25.3 Å². The number of rotatable bonds is 7. The summed E-state index contributed by atoms with van der Waals surface area (Å²) in [5, 5.41) is 3.37. The van der Waals surface area contributed by atoms with Crippen molar-refractivity contribution in [3.63, 3.8) is 0 Å². The fourth-order valence-electron chi connectivity index (χ4n) is 2.21. The monoisotopic (exact) mass is 305 g/mol. The van der Waals surface area contributed by atoms with Gasteiger partial charge in [0.1, 0.15) is 11.9 Å². The highest BCUT2D eigenvalue weighted by Gasteiger charge is 2.13. The van der Waals surface area contributed by atoms with E-state index in [4.69, 9.17) is 4.74 Å². The molecule has 2 rings (SSSR count). The number of para-hydroxylation sites is 1. The Labute approximate surface area is 133 Å². The van der Waals surface area contributed by atoms with Crippen LogP contribution < -0.4 is 10.1 Å². The zero-order valence-corrected chi connectivity index (χ0v) is 13.5. The van der Waals surface area contributed by atoms with Crippen molar-refractivity contribution < 1.29 is 4.74 Å². The van der Waals surface area contributed by atoms with Crippen molar-refractivity contribution in [1.29, 1.82) is 0 Å². The standard InChI is InChI=1S/C18H23NO.ClH/c1-3-19-14-13-18(16-10-5-4-6-11-16)20-17-12-8-7-9-15(17)2;/h4-12,18-19H,3,13-14H2,1-2H3;1H/t18-;/m1./s1. The quantitative estimate of drug-likeness (QED) is 0.758. The van der Waals surface area contributed by atoms with Crippen LogP contribution in [0.4, 0.5) is 0 Å². The molecule has 0 spiro atoms. The summed E-state index contributed by atoms with van der Waals surface area (Å²) in [6.45, 7) is 6.16. The minimum atomic E-state index is 0. The maximum Gasteiger partial charge on any atom is 0.125 e. The van der Waals surface area contributed by atoms with E-state index >= 15 is 0 Å². The van der Waals surface area contributed by atoms with Crippen LogP contribution in [0.1, 0.15) is 30.6 Å². The van der Waals surface area contributed by atoms with Gasteiger partial charge in [0.15, 0.2) is 0 Å². The van der Waals surface area contributed by atoms with Crippen molar-refractivity contribution in [2.24, 2.45) is 0 Å². The van der Waals surface area contributed by atoms with Crippen LogP contribution in [0.2, 0.25) is 0 Å². The van der Waals surface area contributed by atoms with Gasteiger partial charge in [-0.25, -0.2) is 0 Å². The molecule has 0 unspecified atom stereocenters. The minimum absolute atomic E-state index is 0. The SMILES string of the molecule is CCNCC[C@@H](Oc1ccccc1C)c1ccccc1.Cl. The van der Waals surface area contributed by atoms with Gasteiger partial charge in [0.2, 0.25) is 0 Å². The third-order valence-electron chi connectivity index (χ3n) is 3.37. The van der Waals surface area contributed by atoms with Gasteiger partial charge in [-0.2, -0.15) is 0 Å². The lowest BCUT2D eigenvalue weighted by molar-refractivity contribution is 0.193. The number of ether oxygens (including phenoxy) is 1. The third-order valence-corrected chi connectivity index (χ3v) is 3.37. The number of benzene rings is 2. The topological polar surface area (TPSA) is 21.3 Å². The lowest BCUT2D eigenvalue weighted by Gasteiger charge is -2.21. The molecule has 21 heavy (non-hydrogen) atoms. The zero-order valence-electron chi connectivity index (χ0n) is 12.7. The van der Waals surface area contributed by atoms with Gasteiger partial charge in [-0.15, -0.1) is 12.4 Å². The Kier molecular flexibility index (Phi) is 7.88. The van der Waals surface area contributed by atoms with Crippen LogP contribution >= 0.6 is 12.4 Å². The number of nitrogens with one attached hydrogen (secondary N) is 1. The number of aryl methyl sites for hydroxylation is 1. The van der Waals surface area contributed by atoms with Crippen LogP contribution in [0.5, 0.6) is 5.75 Å². The predicted molar refractivity (Wildman–Crippen MR) is 91.4 cm³/mol. The average Bonchev–Trinajstić information content (AvgIpc) is 2.49. The summed E-state index contributed by atoms with van der Waals surface area (Å²) in [7, 11) is 0. The molecule has 0 saturated carbocycles. The highest BCUT2D eigenvalue weighted by Crippen LogP contribution is 2.26. The molecule has 0 radical (unpaired) electrons. The predicted octanol–water partition coefficient (Wildman–Crippen LogP) is 4.54. The smallest absolute Gasteiger partial charge is 0.125 e. The number of hydrogen-bond acceptors (Lipinski definition) is 2. The van der Waals surface area contributed by atoms with E-state index < -0.39 is 0 Å². The Bertz CT molecular complexity index is 516. The normalized spacial score (nSPS) is 11.5. The van der Waals surface area contributed by atoms with Gasteiger partial charge in [-0.3, -0.25) is 0 Å². The van der Waals surface area contributed by atoms with E-state index in [0.29, 0.717) is 0 Å². The molecule has 3 heteroatoms. The summed E-state index contributed by atoms with van der Waals surface area (Å²) < 4.78 is 6.24. The number of hydrogen-bond donors (Lipinski definition) is 1. The van der Waals surface area contributed by atoms with Crippen molar-refractivity contribution in [2.75, 3.05) is 13.1 Å². The lowest BCUT2D eigenvalue weighted by Crippen LogP contribution is -2.19. The van der Waals surface area contributed by atoms with E-state index in [1.165, 1.54) is 11.1 Å². The fourth-order valence-corrected chi connectivity index (χ4v) is 2.21. The summed E-state index contributed by atoms with van der Waals surface area (Å²) >= 11 is 0. The van der Waals surface area contributed by atoms with Crippen LogP contribution in [0.3, 0.4) is 0 Å². The molecule has 0 amide bonds. The van der Waals surface area contributed by atoms with Gasteiger partial charge in [-0.1, -0.05) is 55.5 Å². The molecule has 1 N–H and O–H groups in total. The van der Waals surface area contributed by atoms with Crippen molar-refractivity contribution in [3.05, 3.63) is 65.7 Å². The van der Waals surface area contributed by atoms with Crippen LogP contribution in [-0.4, -0.2) is 13.1 Å². The van der Waals surface area contributed by atoms with Gasteiger partial charge >= 0.3 is 0 Å². The maximum absolute atomic E-state index is 6.24. The summed E-state index contributed by atoms with van der Waals surface area (Å²) in [6.07, 6.45) is 1.06. The Hall–Kier alpha value is -1.51. The molecular formula is C18H24ClNO. The van der Waals surface area contributed by atoms with Crippen molar-refractivity contribution in [3.8, 4) is 5.75 Å². The minimum Gasteiger partial charge on any atom is -0.485 e. The van der Waals surface area contributed by atoms with E-state index in [1.807, 2.05) is 24.3 Å². The summed E-state index contributed by atoms with van der Waals surface area (Å²) in [5.74, 6) is 0.970. The summed E-state index contributed by atoms with van der Waals surface area (Å²) in [6, 6.07) is 18.6. The first-order valence-electron chi connectivity index (χ1n) is 7.29. The molecule has 0 saturated heterocycles. The Balaban J connectivity index is 0.00000220. The molecule has 0 aliphatic rings. The molecule has 2 aromatic carbocycles. The second kappa shape index (κ2) is 9.43. The first-order valence-corrected chi connectivity index (χ1v) is 7.29. The van der Waals surface area contributed by atoms with E-state index in [9.17, 15) is 0 Å². The Morgan fingerprint density at radius 2 is 1.67 bits per heavy atom. The molecule has 0 aliphatic carbocycles. The van der Waals surface area contributed by atoms with Gasteiger partial charge < -0.3 is 10.1 Å².